The van der Waals surface area contributed by atoms with Gasteiger partial charge in [-0.3, -0.25) is 9.59 Å². The zero-order chi connectivity index (χ0) is 18.5. The van der Waals surface area contributed by atoms with Crippen LogP contribution in [0.1, 0.15) is 18.9 Å². The highest BCUT2D eigenvalue weighted by atomic mass is 16.2. The SMILES string of the molecule is CC[NH+]1CCN(C(=O)CCn2nc(-c3ccc(C)cc3)ccc2=O)CC1. The second-order valence-corrected chi connectivity index (χ2v) is 6.88. The summed E-state index contributed by atoms with van der Waals surface area (Å²) < 4.78 is 1.40. The number of piperazine rings is 1. The number of carbonyl (C=O) groups is 1. The molecule has 1 fully saturated rings. The molecule has 0 bridgehead atoms. The van der Waals surface area contributed by atoms with Gasteiger partial charge in [-0.25, -0.2) is 4.68 Å². The monoisotopic (exact) mass is 355 g/mol. The molecule has 2 aromatic rings. The summed E-state index contributed by atoms with van der Waals surface area (Å²) >= 11 is 0. The third-order valence-corrected chi connectivity index (χ3v) is 5.07. The molecule has 0 aliphatic carbocycles. The van der Waals surface area contributed by atoms with Gasteiger partial charge in [-0.1, -0.05) is 29.8 Å². The Hall–Kier alpha value is -2.47. The Morgan fingerprint density at radius 2 is 1.81 bits per heavy atom. The van der Waals surface area contributed by atoms with Crippen LogP contribution in [0.5, 0.6) is 0 Å². The van der Waals surface area contributed by atoms with Gasteiger partial charge in [-0.05, 0) is 19.9 Å². The maximum absolute atomic E-state index is 12.4. The van der Waals surface area contributed by atoms with E-state index in [1.54, 1.807) is 6.07 Å². The number of carbonyl (C=O) groups excluding carboxylic acids is 1. The minimum absolute atomic E-state index is 0.106. The van der Waals surface area contributed by atoms with Gasteiger partial charge in [0.1, 0.15) is 0 Å². The molecule has 0 saturated carbocycles. The van der Waals surface area contributed by atoms with Crippen LogP contribution in [-0.4, -0.2) is 53.3 Å². The predicted octanol–water partition coefficient (Wildman–Crippen LogP) is 0.356. The second kappa shape index (κ2) is 8.27. The minimum Gasteiger partial charge on any atom is -0.332 e. The fraction of sp³-hybridized carbons (Fsp3) is 0.450. The number of aryl methyl sites for hydroxylation is 2. The van der Waals surface area contributed by atoms with Crippen molar-refractivity contribution in [1.82, 2.24) is 14.7 Å². The molecule has 1 aliphatic rings. The van der Waals surface area contributed by atoms with Crippen molar-refractivity contribution >= 4 is 5.91 Å². The smallest absolute Gasteiger partial charge is 0.266 e. The van der Waals surface area contributed by atoms with Crippen LogP contribution in [0, 0.1) is 6.92 Å². The summed E-state index contributed by atoms with van der Waals surface area (Å²) in [5.41, 5.74) is 2.72. The van der Waals surface area contributed by atoms with Crippen molar-refractivity contribution in [3.05, 3.63) is 52.3 Å². The molecule has 6 nitrogen and oxygen atoms in total. The first-order valence-corrected chi connectivity index (χ1v) is 9.33. The Labute approximate surface area is 154 Å². The molecule has 1 aliphatic heterocycles. The first-order chi connectivity index (χ1) is 12.6. The highest BCUT2D eigenvalue weighted by Gasteiger charge is 2.22. The third kappa shape index (κ3) is 4.38. The molecule has 0 radical (unpaired) electrons. The van der Waals surface area contributed by atoms with Gasteiger partial charge < -0.3 is 9.80 Å². The molecule has 138 valence electrons. The maximum atomic E-state index is 12.4. The minimum atomic E-state index is -0.172. The van der Waals surface area contributed by atoms with Crippen molar-refractivity contribution in [2.45, 2.75) is 26.8 Å². The van der Waals surface area contributed by atoms with Crippen LogP contribution in [-0.2, 0) is 11.3 Å². The number of nitrogens with zero attached hydrogens (tertiary/aromatic N) is 3. The summed E-state index contributed by atoms with van der Waals surface area (Å²) in [5.74, 6) is 0.106. The first kappa shape index (κ1) is 18.3. The van der Waals surface area contributed by atoms with Gasteiger partial charge in [0.25, 0.3) is 5.56 Å². The van der Waals surface area contributed by atoms with E-state index < -0.39 is 0 Å². The molecule has 2 heterocycles. The van der Waals surface area contributed by atoms with Crippen molar-refractivity contribution in [1.29, 1.82) is 0 Å². The van der Waals surface area contributed by atoms with Gasteiger partial charge in [0, 0.05) is 18.1 Å². The Morgan fingerprint density at radius 3 is 2.46 bits per heavy atom. The molecule has 3 rings (SSSR count). The molecule has 1 saturated heterocycles. The van der Waals surface area contributed by atoms with E-state index in [-0.39, 0.29) is 11.5 Å². The van der Waals surface area contributed by atoms with Gasteiger partial charge >= 0.3 is 0 Å². The molecule has 0 atom stereocenters. The average molecular weight is 355 g/mol. The Bertz CT molecular complexity index is 805. The van der Waals surface area contributed by atoms with E-state index >= 15 is 0 Å². The van der Waals surface area contributed by atoms with Crippen LogP contribution in [0.25, 0.3) is 11.3 Å². The van der Waals surface area contributed by atoms with E-state index in [9.17, 15) is 9.59 Å². The number of amides is 1. The number of hydrogen-bond acceptors (Lipinski definition) is 3. The molecule has 0 spiro atoms. The molecule has 1 N–H and O–H groups in total. The lowest BCUT2D eigenvalue weighted by Crippen LogP contribution is -3.14. The molecular formula is C20H27N4O2+. The highest BCUT2D eigenvalue weighted by Crippen LogP contribution is 2.15. The molecular weight excluding hydrogens is 328 g/mol. The van der Waals surface area contributed by atoms with Crippen molar-refractivity contribution in [3.8, 4) is 11.3 Å². The number of rotatable bonds is 5. The van der Waals surface area contributed by atoms with E-state index in [4.69, 9.17) is 0 Å². The van der Waals surface area contributed by atoms with Crippen molar-refractivity contribution in [2.75, 3.05) is 32.7 Å². The highest BCUT2D eigenvalue weighted by molar-refractivity contribution is 5.76. The van der Waals surface area contributed by atoms with E-state index in [1.165, 1.54) is 21.2 Å². The van der Waals surface area contributed by atoms with E-state index in [0.717, 1.165) is 44.0 Å². The third-order valence-electron chi connectivity index (χ3n) is 5.07. The number of nitrogens with one attached hydrogen (secondary N) is 1. The summed E-state index contributed by atoms with van der Waals surface area (Å²) in [7, 11) is 0. The lowest BCUT2D eigenvalue weighted by atomic mass is 10.1. The quantitative estimate of drug-likeness (QED) is 0.842. The molecule has 1 aromatic carbocycles. The van der Waals surface area contributed by atoms with Crippen molar-refractivity contribution < 1.29 is 9.69 Å². The number of benzene rings is 1. The number of aromatic nitrogens is 2. The zero-order valence-corrected chi connectivity index (χ0v) is 15.6. The zero-order valence-electron chi connectivity index (χ0n) is 15.6. The van der Waals surface area contributed by atoms with Gasteiger partial charge in [-0.2, -0.15) is 5.10 Å². The molecule has 0 unspecified atom stereocenters. The van der Waals surface area contributed by atoms with Gasteiger partial charge in [0.2, 0.25) is 5.91 Å². The average Bonchev–Trinajstić information content (AvgIpc) is 2.68. The van der Waals surface area contributed by atoms with Crippen LogP contribution in [0.15, 0.2) is 41.2 Å². The van der Waals surface area contributed by atoms with E-state index in [2.05, 4.69) is 12.0 Å². The van der Waals surface area contributed by atoms with E-state index in [0.29, 0.717) is 13.0 Å². The summed E-state index contributed by atoms with van der Waals surface area (Å²) in [6.45, 7) is 9.23. The maximum Gasteiger partial charge on any atom is 0.266 e. The lowest BCUT2D eigenvalue weighted by molar-refractivity contribution is -0.902. The number of hydrogen-bond donors (Lipinski definition) is 1. The van der Waals surface area contributed by atoms with E-state index in [1.807, 2.05) is 36.1 Å². The van der Waals surface area contributed by atoms with Crippen LogP contribution in [0.2, 0.25) is 0 Å². The van der Waals surface area contributed by atoms with Crippen LogP contribution in [0.4, 0.5) is 0 Å². The van der Waals surface area contributed by atoms with Crippen LogP contribution >= 0.6 is 0 Å². The standard InChI is InChI=1S/C20H26N4O2/c1-3-22-12-14-23(15-13-22)19(25)10-11-24-20(26)9-8-18(21-24)17-6-4-16(2)5-7-17/h4-9H,3,10-15H2,1-2H3/p+1. The molecule has 6 heteroatoms. The fourth-order valence-corrected chi connectivity index (χ4v) is 3.27. The Balaban J connectivity index is 1.64. The largest absolute Gasteiger partial charge is 0.332 e. The molecule has 26 heavy (non-hydrogen) atoms. The van der Waals surface area contributed by atoms with Crippen molar-refractivity contribution in [2.24, 2.45) is 0 Å². The fourth-order valence-electron chi connectivity index (χ4n) is 3.27. The summed E-state index contributed by atoms with van der Waals surface area (Å²) in [6, 6.07) is 11.3. The lowest BCUT2D eigenvalue weighted by Gasteiger charge is -2.31. The summed E-state index contributed by atoms with van der Waals surface area (Å²) in [6.07, 6.45) is 0.311. The van der Waals surface area contributed by atoms with Crippen LogP contribution in [0.3, 0.4) is 0 Å². The Kier molecular flexibility index (Phi) is 5.83. The van der Waals surface area contributed by atoms with Crippen LogP contribution < -0.4 is 10.5 Å². The topological polar surface area (TPSA) is 59.6 Å². The Morgan fingerprint density at radius 1 is 1.12 bits per heavy atom. The number of likely N-dealkylation sites (N-methyl/N-ethyl adjacent to an activating group) is 1. The molecule has 1 amide bonds. The predicted molar refractivity (Wildman–Crippen MR) is 101 cm³/mol. The second-order valence-electron chi connectivity index (χ2n) is 6.88. The molecule has 1 aromatic heterocycles. The normalized spacial score (nSPS) is 15.2. The summed E-state index contributed by atoms with van der Waals surface area (Å²) in [5, 5.41) is 4.44. The summed E-state index contributed by atoms with van der Waals surface area (Å²) in [4.78, 5) is 28.0. The van der Waals surface area contributed by atoms with Gasteiger partial charge in [0.15, 0.2) is 0 Å². The van der Waals surface area contributed by atoms with Gasteiger partial charge in [0.05, 0.1) is 45.0 Å². The van der Waals surface area contributed by atoms with Gasteiger partial charge in [-0.15, -0.1) is 0 Å². The first-order valence-electron chi connectivity index (χ1n) is 9.33. The van der Waals surface area contributed by atoms with Crippen molar-refractivity contribution in [3.63, 3.8) is 0 Å². The number of quaternary nitrogens is 1.